The molecule has 7 heterocycles. The molecule has 4 amide bonds. The van der Waals surface area contributed by atoms with Gasteiger partial charge in [-0.3, -0.25) is 39.2 Å². The second-order valence-corrected chi connectivity index (χ2v) is 16.3. The fourth-order valence-electron chi connectivity index (χ4n) is 9.76. The number of anilines is 1. The standard InChI is InChI=1S/C43H46N10O5/c44-39-37-38(26-6-9-32(10-7-26)58-31-4-2-1-3-5-31)48-53(40(37)46-25-45-39)28-16-20-49(21-17-28)27-14-18-50(19-15-27)30-23-51(24-30)29-8-11-33-34(22-29)43(57)52(42(33)56)35-12-13-36(54)47-41(35)55/h1-7,9-11,22,25,27-30,35H,8,12-21,23-24H2,(H2,44,45,46)(H,47,54,55). The molecular formula is C43H46N10O5. The Hall–Kier alpha value is -5.77. The number of nitrogen functional groups attached to an aromatic ring is 1. The summed E-state index contributed by atoms with van der Waals surface area (Å²) in [5.41, 5.74) is 9.71. The maximum atomic E-state index is 13.4. The minimum atomic E-state index is -0.942. The molecule has 298 valence electrons. The molecule has 5 fully saturated rings. The molecule has 58 heavy (non-hydrogen) atoms. The Labute approximate surface area is 335 Å². The van der Waals surface area contributed by atoms with E-state index in [1.807, 2.05) is 66.7 Å². The van der Waals surface area contributed by atoms with Crippen molar-refractivity contribution >= 4 is 40.5 Å². The van der Waals surface area contributed by atoms with Crippen molar-refractivity contribution in [2.24, 2.45) is 0 Å². The molecule has 5 aliphatic heterocycles. The summed E-state index contributed by atoms with van der Waals surface area (Å²) in [6, 6.07) is 18.0. The normalized spacial score (nSPS) is 24.4. The van der Waals surface area contributed by atoms with E-state index in [-0.39, 0.29) is 30.8 Å². The van der Waals surface area contributed by atoms with E-state index in [2.05, 4.69) is 34.7 Å². The van der Waals surface area contributed by atoms with Gasteiger partial charge in [0.25, 0.3) is 11.8 Å². The van der Waals surface area contributed by atoms with E-state index in [9.17, 15) is 19.2 Å². The van der Waals surface area contributed by atoms with Gasteiger partial charge in [-0.2, -0.15) is 5.10 Å². The number of fused-ring (bicyclic) bond motifs is 2. The zero-order valence-electron chi connectivity index (χ0n) is 32.2. The van der Waals surface area contributed by atoms with Crippen LogP contribution in [0.4, 0.5) is 5.82 Å². The Kier molecular flexibility index (Phi) is 9.37. The third-order valence-electron chi connectivity index (χ3n) is 13.0. The van der Waals surface area contributed by atoms with Crippen LogP contribution in [0.3, 0.4) is 0 Å². The quantitative estimate of drug-likeness (QED) is 0.250. The number of aromatic nitrogens is 4. The highest BCUT2D eigenvalue weighted by Gasteiger charge is 2.48. The van der Waals surface area contributed by atoms with Crippen LogP contribution in [0.15, 0.2) is 84.2 Å². The number of piperidine rings is 3. The fraction of sp³-hybridized carbons (Fsp3) is 0.419. The van der Waals surface area contributed by atoms with Crippen LogP contribution < -0.4 is 15.8 Å². The molecule has 1 aliphatic carbocycles. The lowest BCUT2D eigenvalue weighted by Gasteiger charge is -2.51. The summed E-state index contributed by atoms with van der Waals surface area (Å²) in [5.74, 6) is 0.125. The number of nitrogens with zero attached hydrogens (tertiary/aromatic N) is 8. The van der Waals surface area contributed by atoms with Crippen LogP contribution >= 0.6 is 0 Å². The Morgan fingerprint density at radius 2 is 1.40 bits per heavy atom. The van der Waals surface area contributed by atoms with E-state index in [1.165, 1.54) is 6.33 Å². The van der Waals surface area contributed by atoms with Crippen molar-refractivity contribution in [1.82, 2.24) is 44.7 Å². The lowest BCUT2D eigenvalue weighted by Crippen LogP contribution is -2.63. The van der Waals surface area contributed by atoms with E-state index in [4.69, 9.17) is 15.6 Å². The first-order chi connectivity index (χ1) is 28.3. The van der Waals surface area contributed by atoms with E-state index >= 15 is 0 Å². The maximum absolute atomic E-state index is 13.4. The molecule has 10 rings (SSSR count). The largest absolute Gasteiger partial charge is 0.457 e. The summed E-state index contributed by atoms with van der Waals surface area (Å²) in [6.45, 7) is 5.97. The van der Waals surface area contributed by atoms with Gasteiger partial charge in [-0.1, -0.05) is 30.4 Å². The van der Waals surface area contributed by atoms with Crippen molar-refractivity contribution in [3.63, 3.8) is 0 Å². The number of likely N-dealkylation sites (tertiary alicyclic amines) is 4. The average Bonchev–Trinajstić information content (AvgIpc) is 3.74. The molecule has 0 spiro atoms. The van der Waals surface area contributed by atoms with Gasteiger partial charge in [0.1, 0.15) is 35.4 Å². The number of amides is 4. The van der Waals surface area contributed by atoms with Gasteiger partial charge in [-0.15, -0.1) is 0 Å². The first-order valence-corrected chi connectivity index (χ1v) is 20.5. The summed E-state index contributed by atoms with van der Waals surface area (Å²) < 4.78 is 8.09. The minimum Gasteiger partial charge on any atom is -0.457 e. The Morgan fingerprint density at radius 1 is 0.724 bits per heavy atom. The number of hydrogen-bond acceptors (Lipinski definition) is 12. The first kappa shape index (κ1) is 36.6. The van der Waals surface area contributed by atoms with Crippen LogP contribution in [-0.2, 0) is 19.2 Å². The van der Waals surface area contributed by atoms with Crippen LogP contribution in [0.2, 0.25) is 0 Å². The van der Waals surface area contributed by atoms with Gasteiger partial charge in [0.2, 0.25) is 11.8 Å². The average molecular weight is 783 g/mol. The van der Waals surface area contributed by atoms with E-state index in [0.29, 0.717) is 35.5 Å². The summed E-state index contributed by atoms with van der Waals surface area (Å²) in [4.78, 5) is 68.3. The van der Waals surface area contributed by atoms with E-state index in [0.717, 1.165) is 104 Å². The second kappa shape index (κ2) is 14.9. The molecule has 2 atom stereocenters. The van der Waals surface area contributed by atoms with Crippen LogP contribution in [0.25, 0.3) is 22.3 Å². The van der Waals surface area contributed by atoms with Crippen molar-refractivity contribution in [1.29, 1.82) is 0 Å². The molecular weight excluding hydrogens is 737 g/mol. The summed E-state index contributed by atoms with van der Waals surface area (Å²) in [5, 5.41) is 8.18. The van der Waals surface area contributed by atoms with Crippen molar-refractivity contribution in [3.05, 3.63) is 84.2 Å². The van der Waals surface area contributed by atoms with Crippen molar-refractivity contribution in [3.8, 4) is 22.8 Å². The Bertz CT molecular complexity index is 2340. The Morgan fingerprint density at radius 3 is 2.12 bits per heavy atom. The van der Waals surface area contributed by atoms with Crippen LogP contribution in [-0.4, -0.2) is 126 Å². The summed E-state index contributed by atoms with van der Waals surface area (Å²) in [6.07, 6.45) is 10.5. The van der Waals surface area contributed by atoms with Gasteiger partial charge in [-0.25, -0.2) is 14.6 Å². The number of para-hydroxylation sites is 1. The lowest BCUT2D eigenvalue weighted by molar-refractivity contribution is -0.149. The molecule has 0 radical (unpaired) electrons. The predicted molar refractivity (Wildman–Crippen MR) is 214 cm³/mol. The molecule has 6 aliphatic rings. The molecule has 2 unspecified atom stereocenters. The van der Waals surface area contributed by atoms with Crippen molar-refractivity contribution in [2.75, 3.05) is 45.0 Å². The maximum Gasteiger partial charge on any atom is 0.262 e. The molecule has 3 N–H and O–H groups in total. The van der Waals surface area contributed by atoms with Crippen LogP contribution in [0, 0.1) is 0 Å². The van der Waals surface area contributed by atoms with Gasteiger partial charge in [0.05, 0.1) is 17.0 Å². The number of rotatable bonds is 8. The molecule has 2 aromatic carbocycles. The van der Waals surface area contributed by atoms with Crippen LogP contribution in [0.5, 0.6) is 11.5 Å². The monoisotopic (exact) mass is 782 g/mol. The third-order valence-corrected chi connectivity index (χ3v) is 13.0. The number of imide groups is 2. The number of nitrogens with one attached hydrogen (secondary N) is 1. The first-order valence-electron chi connectivity index (χ1n) is 20.5. The number of carbonyl (C=O) groups is 4. The molecule has 2 aromatic heterocycles. The molecule has 5 saturated heterocycles. The van der Waals surface area contributed by atoms with Gasteiger partial charge in [0, 0.05) is 75.0 Å². The number of nitrogens with two attached hydrogens (primary N) is 1. The highest BCUT2D eigenvalue weighted by atomic mass is 16.5. The molecule has 0 saturated carbocycles. The fourth-order valence-corrected chi connectivity index (χ4v) is 9.76. The molecule has 0 bridgehead atoms. The number of ether oxygens (including phenoxy) is 1. The van der Waals surface area contributed by atoms with E-state index in [1.54, 1.807) is 0 Å². The zero-order valence-corrected chi connectivity index (χ0v) is 32.2. The van der Waals surface area contributed by atoms with Crippen molar-refractivity contribution in [2.45, 2.75) is 75.2 Å². The number of hydrogen-bond donors (Lipinski definition) is 2. The highest BCUT2D eigenvalue weighted by molar-refractivity contribution is 6.26. The van der Waals surface area contributed by atoms with Crippen LogP contribution in [0.1, 0.15) is 51.0 Å². The summed E-state index contributed by atoms with van der Waals surface area (Å²) in [7, 11) is 0. The zero-order chi connectivity index (χ0) is 39.5. The smallest absolute Gasteiger partial charge is 0.262 e. The minimum absolute atomic E-state index is 0.0401. The van der Waals surface area contributed by atoms with Gasteiger partial charge in [0.15, 0.2) is 5.65 Å². The molecule has 15 nitrogen and oxygen atoms in total. The van der Waals surface area contributed by atoms with Crippen molar-refractivity contribution < 1.29 is 23.9 Å². The number of carbonyl (C=O) groups excluding carboxylic acids is 4. The topological polar surface area (TPSA) is 172 Å². The van der Waals surface area contributed by atoms with Gasteiger partial charge >= 0.3 is 0 Å². The third kappa shape index (κ3) is 6.56. The second-order valence-electron chi connectivity index (χ2n) is 16.3. The van der Waals surface area contributed by atoms with Gasteiger partial charge < -0.3 is 15.4 Å². The molecule has 4 aromatic rings. The number of benzene rings is 2. The highest BCUT2D eigenvalue weighted by Crippen LogP contribution is 2.38. The predicted octanol–water partition coefficient (Wildman–Crippen LogP) is 3.45. The summed E-state index contributed by atoms with van der Waals surface area (Å²) >= 11 is 0. The SMILES string of the molecule is Nc1ncnc2c1c(-c1ccc(Oc3ccccc3)cc1)nn2C1CCN(C2CCN(C3CN(C4C=C5C(=O)N(C6CCC(=O)NC6=O)C(=O)C5=CC4)C3)CC2)CC1. The Balaban J connectivity index is 0.723. The lowest BCUT2D eigenvalue weighted by atomic mass is 9.91. The molecule has 15 heteroatoms. The van der Waals surface area contributed by atoms with Gasteiger partial charge in [-0.05, 0) is 74.9 Å². The van der Waals surface area contributed by atoms with E-state index < -0.39 is 23.8 Å².